The Bertz CT molecular complexity index is 2170. The zero-order valence-electron chi connectivity index (χ0n) is 24.7. The van der Waals surface area contributed by atoms with Gasteiger partial charge in [0, 0.05) is 40.8 Å². The molecule has 0 fully saturated rings. The summed E-state index contributed by atoms with van der Waals surface area (Å²) in [6.07, 6.45) is 3.90. The summed E-state index contributed by atoms with van der Waals surface area (Å²) in [7, 11) is 0. The first-order chi connectivity index (χ1) is 21.2. The van der Waals surface area contributed by atoms with Gasteiger partial charge in [0.15, 0.2) is 4.80 Å². The lowest BCUT2D eigenvalue weighted by molar-refractivity contribution is -0.385. The first-order valence-corrected chi connectivity index (χ1v) is 15.1. The van der Waals surface area contributed by atoms with E-state index in [1.165, 1.54) is 27.5 Å². The molecule has 0 saturated heterocycles. The van der Waals surface area contributed by atoms with Crippen LogP contribution in [0.5, 0.6) is 0 Å². The quantitative estimate of drug-likeness (QED) is 0.141. The number of carbonyl (C=O) groups excluding carboxylic acids is 1. The largest absolute Gasteiger partial charge is 0.463 e. The molecule has 1 aliphatic rings. The van der Waals surface area contributed by atoms with Crippen molar-refractivity contribution in [2.45, 2.75) is 40.3 Å². The Hall–Kier alpha value is -5.09. The van der Waals surface area contributed by atoms with Crippen molar-refractivity contribution in [2.75, 3.05) is 6.61 Å². The lowest BCUT2D eigenvalue weighted by Crippen LogP contribution is -2.40. The van der Waals surface area contributed by atoms with Crippen molar-refractivity contribution in [2.24, 2.45) is 4.99 Å². The van der Waals surface area contributed by atoms with Crippen LogP contribution in [0.4, 0.5) is 5.69 Å². The number of nitrogens with zero attached hydrogens (tertiary/aromatic N) is 4. The number of allylic oxidation sites excluding steroid dienone is 1. The summed E-state index contributed by atoms with van der Waals surface area (Å²) in [6.45, 7) is 7.90. The van der Waals surface area contributed by atoms with Crippen LogP contribution in [0.15, 0.2) is 94.0 Å². The van der Waals surface area contributed by atoms with E-state index in [0.717, 1.165) is 22.0 Å². The molecular formula is C34H30N4O5S. The van der Waals surface area contributed by atoms with Gasteiger partial charge in [0.2, 0.25) is 0 Å². The fraction of sp³-hybridized carbons (Fsp3) is 0.206. The molecule has 3 heterocycles. The minimum Gasteiger partial charge on any atom is -0.463 e. The maximum absolute atomic E-state index is 14.2. The number of para-hydroxylation sites is 1. The van der Waals surface area contributed by atoms with Gasteiger partial charge in [-0.15, -0.1) is 0 Å². The predicted molar refractivity (Wildman–Crippen MR) is 170 cm³/mol. The molecule has 0 saturated carbocycles. The summed E-state index contributed by atoms with van der Waals surface area (Å²) in [5.41, 5.74) is 5.33. The Morgan fingerprint density at radius 2 is 1.84 bits per heavy atom. The van der Waals surface area contributed by atoms with E-state index in [-0.39, 0.29) is 23.4 Å². The number of hydrogen-bond acceptors (Lipinski definition) is 7. The predicted octanol–water partition coefficient (Wildman–Crippen LogP) is 5.33. The summed E-state index contributed by atoms with van der Waals surface area (Å²) in [5, 5.41) is 12.8. The number of aryl methyl sites for hydroxylation is 2. The van der Waals surface area contributed by atoms with Crippen LogP contribution in [-0.2, 0) is 16.1 Å². The molecule has 0 bridgehead atoms. The van der Waals surface area contributed by atoms with Gasteiger partial charge >= 0.3 is 5.97 Å². The van der Waals surface area contributed by atoms with E-state index < -0.39 is 16.9 Å². The number of carbonyl (C=O) groups is 1. The molecule has 5 aromatic rings. The van der Waals surface area contributed by atoms with Gasteiger partial charge in [-0.25, -0.2) is 9.79 Å². The van der Waals surface area contributed by atoms with E-state index in [4.69, 9.17) is 4.74 Å². The highest BCUT2D eigenvalue weighted by molar-refractivity contribution is 7.07. The van der Waals surface area contributed by atoms with Crippen molar-refractivity contribution in [3.8, 4) is 0 Å². The van der Waals surface area contributed by atoms with Crippen LogP contribution in [-0.4, -0.2) is 26.6 Å². The zero-order chi connectivity index (χ0) is 31.1. The normalized spacial score (nSPS) is 14.9. The standard InChI is InChI=1S/C34H30N4O5S/c1-5-43-33(40)30-22(4)35-34-37(31(30)24-15-12-21(3)28(16-24)38(41)42)32(39)29(44-34)17-25-19-36(27-9-7-6-8-26(25)27)18-23-13-10-20(2)11-14-23/h6-17,19,31H,5,18H2,1-4H3/b29-17+/t31-/m0/s1. The van der Waals surface area contributed by atoms with E-state index in [9.17, 15) is 19.7 Å². The molecule has 0 radical (unpaired) electrons. The number of esters is 1. The van der Waals surface area contributed by atoms with E-state index in [1.807, 2.05) is 30.5 Å². The smallest absolute Gasteiger partial charge is 0.338 e. The number of ether oxygens (including phenoxy) is 1. The van der Waals surface area contributed by atoms with Crippen molar-refractivity contribution in [3.05, 3.63) is 142 Å². The fourth-order valence-corrected chi connectivity index (χ4v) is 6.69. The number of thiazole rings is 1. The fourth-order valence-electron chi connectivity index (χ4n) is 5.65. The molecule has 1 aliphatic heterocycles. The van der Waals surface area contributed by atoms with Crippen LogP contribution in [0, 0.1) is 24.0 Å². The van der Waals surface area contributed by atoms with Gasteiger partial charge in [-0.3, -0.25) is 19.5 Å². The third kappa shape index (κ3) is 5.17. The lowest BCUT2D eigenvalue weighted by atomic mass is 9.94. The SMILES string of the molecule is CCOC(=O)C1=C(C)N=c2s/c(=C/c3cn(Cc4ccc(C)cc4)c4ccccc34)c(=O)n2[C@H]1c1ccc(C)c([N+](=O)[O-])c1. The van der Waals surface area contributed by atoms with E-state index in [0.29, 0.717) is 32.7 Å². The maximum atomic E-state index is 14.2. The Kier molecular flexibility index (Phi) is 7.60. The minimum absolute atomic E-state index is 0.0936. The van der Waals surface area contributed by atoms with E-state index in [2.05, 4.69) is 46.8 Å². The monoisotopic (exact) mass is 606 g/mol. The number of fused-ring (bicyclic) bond motifs is 2. The third-order valence-corrected chi connectivity index (χ3v) is 8.83. The first kappa shape index (κ1) is 29.0. The minimum atomic E-state index is -0.936. The summed E-state index contributed by atoms with van der Waals surface area (Å²) in [6, 6.07) is 20.3. The van der Waals surface area contributed by atoms with Crippen LogP contribution < -0.4 is 14.9 Å². The van der Waals surface area contributed by atoms with Crippen LogP contribution in [0.1, 0.15) is 47.7 Å². The molecule has 6 rings (SSSR count). The van der Waals surface area contributed by atoms with Crippen molar-refractivity contribution in [3.63, 3.8) is 0 Å². The maximum Gasteiger partial charge on any atom is 0.338 e. The molecule has 0 unspecified atom stereocenters. The Labute approximate surface area is 256 Å². The molecule has 10 heteroatoms. The van der Waals surface area contributed by atoms with Gasteiger partial charge in [-0.05, 0) is 51.0 Å². The molecule has 2 aromatic heterocycles. The highest BCUT2D eigenvalue weighted by Gasteiger charge is 2.34. The van der Waals surface area contributed by atoms with Gasteiger partial charge in [-0.1, -0.05) is 71.5 Å². The summed E-state index contributed by atoms with van der Waals surface area (Å²) < 4.78 is 9.41. The second kappa shape index (κ2) is 11.5. The second-order valence-corrected chi connectivity index (χ2v) is 11.8. The summed E-state index contributed by atoms with van der Waals surface area (Å²) in [5.74, 6) is -0.615. The number of rotatable bonds is 7. The molecule has 9 nitrogen and oxygen atoms in total. The topological polar surface area (TPSA) is 109 Å². The molecule has 222 valence electrons. The number of benzene rings is 3. The molecule has 44 heavy (non-hydrogen) atoms. The number of nitro benzene ring substituents is 1. The Balaban J connectivity index is 1.53. The van der Waals surface area contributed by atoms with Crippen molar-refractivity contribution < 1.29 is 14.5 Å². The summed E-state index contributed by atoms with van der Waals surface area (Å²) >= 11 is 1.22. The molecular weight excluding hydrogens is 576 g/mol. The Morgan fingerprint density at radius 1 is 1.09 bits per heavy atom. The number of nitro groups is 1. The zero-order valence-corrected chi connectivity index (χ0v) is 25.6. The Morgan fingerprint density at radius 3 is 2.57 bits per heavy atom. The van der Waals surface area contributed by atoms with Gasteiger partial charge in [0.1, 0.15) is 0 Å². The molecule has 3 aromatic carbocycles. The lowest BCUT2D eigenvalue weighted by Gasteiger charge is -2.24. The van der Waals surface area contributed by atoms with Gasteiger partial charge in [0.25, 0.3) is 11.2 Å². The van der Waals surface area contributed by atoms with Crippen LogP contribution in [0.2, 0.25) is 0 Å². The third-order valence-electron chi connectivity index (χ3n) is 7.84. The first-order valence-electron chi connectivity index (χ1n) is 14.2. The number of aromatic nitrogens is 2. The van der Waals surface area contributed by atoms with Crippen LogP contribution in [0.3, 0.4) is 0 Å². The number of hydrogen-bond donors (Lipinski definition) is 0. The van der Waals surface area contributed by atoms with Crippen LogP contribution >= 0.6 is 11.3 Å². The average molecular weight is 607 g/mol. The molecule has 0 spiro atoms. The average Bonchev–Trinajstić information content (AvgIpc) is 3.50. The van der Waals surface area contributed by atoms with E-state index >= 15 is 0 Å². The highest BCUT2D eigenvalue weighted by atomic mass is 32.1. The molecule has 0 amide bonds. The highest BCUT2D eigenvalue weighted by Crippen LogP contribution is 2.33. The second-order valence-electron chi connectivity index (χ2n) is 10.8. The summed E-state index contributed by atoms with van der Waals surface area (Å²) in [4.78, 5) is 43.8. The molecule has 0 N–H and O–H groups in total. The van der Waals surface area contributed by atoms with Gasteiger partial charge in [0.05, 0.1) is 33.4 Å². The molecule has 1 atom stereocenters. The molecule has 0 aliphatic carbocycles. The van der Waals surface area contributed by atoms with Gasteiger partial charge < -0.3 is 9.30 Å². The van der Waals surface area contributed by atoms with E-state index in [1.54, 1.807) is 32.9 Å². The van der Waals surface area contributed by atoms with Crippen LogP contribution in [0.25, 0.3) is 17.0 Å². The van der Waals surface area contributed by atoms with Gasteiger partial charge in [-0.2, -0.15) is 0 Å². The van der Waals surface area contributed by atoms with Crippen molar-refractivity contribution in [1.82, 2.24) is 9.13 Å². The van der Waals surface area contributed by atoms with Crippen molar-refractivity contribution in [1.29, 1.82) is 0 Å². The van der Waals surface area contributed by atoms with Crippen molar-refractivity contribution >= 4 is 40.0 Å².